The molecule has 2 unspecified atom stereocenters. The van der Waals surface area contributed by atoms with E-state index in [1.807, 2.05) is 0 Å². The maximum atomic E-state index is 11.4. The normalized spacial score (nSPS) is 13.5. The summed E-state index contributed by atoms with van der Waals surface area (Å²) in [6.07, 6.45) is 16.7. The fourth-order valence-electron chi connectivity index (χ4n) is 3.28. The second-order valence-corrected chi connectivity index (χ2v) is 8.43. The van der Waals surface area contributed by atoms with Crippen LogP contribution in [0.15, 0.2) is 0 Å². The van der Waals surface area contributed by atoms with E-state index >= 15 is 0 Å². The Hall–Kier alpha value is -0.780. The first-order chi connectivity index (χ1) is 12.5. The highest BCUT2D eigenvalue weighted by atomic mass is 32.2. The maximum absolute atomic E-state index is 11.4. The Bertz CT molecular complexity index is 366. The Kier molecular flexibility index (Phi) is 17.1. The molecule has 0 heterocycles. The highest BCUT2D eigenvalue weighted by Crippen LogP contribution is 2.24. The number of hydrogen-bond donors (Lipinski definition) is 1. The zero-order valence-electron chi connectivity index (χ0n) is 16.8. The summed E-state index contributed by atoms with van der Waals surface area (Å²) < 4.78 is 0. The van der Waals surface area contributed by atoms with Gasteiger partial charge < -0.3 is 5.11 Å². The van der Waals surface area contributed by atoms with Crippen molar-refractivity contribution in [3.05, 3.63) is 10.1 Å². The van der Waals surface area contributed by atoms with Gasteiger partial charge in [0.25, 0.3) is 0 Å². The molecule has 0 amide bonds. The zero-order chi connectivity index (χ0) is 19.6. The molecule has 26 heavy (non-hydrogen) atoms. The molecule has 0 radical (unpaired) electrons. The Morgan fingerprint density at radius 3 is 2.04 bits per heavy atom. The SMILES string of the molecule is CCCCCCCCC(CC(CCCCCCCC(=O)O)[N+](=O)[O-])SC. The van der Waals surface area contributed by atoms with Gasteiger partial charge in [0.05, 0.1) is 0 Å². The molecule has 0 aliphatic carbocycles. The molecule has 0 aromatic heterocycles. The Labute approximate surface area is 163 Å². The van der Waals surface area contributed by atoms with Crippen LogP contribution in [0, 0.1) is 10.1 Å². The first kappa shape index (κ1) is 25.2. The third kappa shape index (κ3) is 15.5. The van der Waals surface area contributed by atoms with E-state index in [9.17, 15) is 14.9 Å². The molecular formula is C20H39NO4S. The number of unbranched alkanes of at least 4 members (excludes halogenated alkanes) is 9. The lowest BCUT2D eigenvalue weighted by atomic mass is 10.00. The van der Waals surface area contributed by atoms with Crippen molar-refractivity contribution in [1.29, 1.82) is 0 Å². The third-order valence-electron chi connectivity index (χ3n) is 4.97. The predicted octanol–water partition coefficient (Wildman–Crippen LogP) is 6.32. The van der Waals surface area contributed by atoms with Crippen LogP contribution in [0.4, 0.5) is 0 Å². The second kappa shape index (κ2) is 17.6. The van der Waals surface area contributed by atoms with Gasteiger partial charge in [-0.3, -0.25) is 14.9 Å². The topological polar surface area (TPSA) is 80.4 Å². The lowest BCUT2D eigenvalue weighted by Gasteiger charge is -2.17. The van der Waals surface area contributed by atoms with Crippen LogP contribution in [0.25, 0.3) is 0 Å². The number of nitro groups is 1. The molecule has 0 bridgehead atoms. The molecule has 0 aromatic carbocycles. The molecule has 6 heteroatoms. The molecule has 0 aliphatic rings. The second-order valence-electron chi connectivity index (χ2n) is 7.29. The van der Waals surface area contributed by atoms with Gasteiger partial charge in [0.2, 0.25) is 6.04 Å². The van der Waals surface area contributed by atoms with E-state index < -0.39 is 12.0 Å². The maximum Gasteiger partial charge on any atom is 0.303 e. The Balaban J connectivity index is 3.92. The first-order valence-corrected chi connectivity index (χ1v) is 11.7. The largest absolute Gasteiger partial charge is 0.481 e. The van der Waals surface area contributed by atoms with E-state index in [4.69, 9.17) is 5.11 Å². The highest BCUT2D eigenvalue weighted by molar-refractivity contribution is 7.99. The molecule has 0 aliphatic heterocycles. The highest BCUT2D eigenvalue weighted by Gasteiger charge is 2.24. The van der Waals surface area contributed by atoms with E-state index in [1.165, 1.54) is 38.5 Å². The van der Waals surface area contributed by atoms with Gasteiger partial charge in [0.15, 0.2) is 0 Å². The molecule has 1 N–H and O–H groups in total. The fraction of sp³-hybridized carbons (Fsp3) is 0.950. The summed E-state index contributed by atoms with van der Waals surface area (Å²) >= 11 is 1.78. The van der Waals surface area contributed by atoms with Crippen LogP contribution in [0.5, 0.6) is 0 Å². The first-order valence-electron chi connectivity index (χ1n) is 10.4. The van der Waals surface area contributed by atoms with Crippen LogP contribution >= 0.6 is 11.8 Å². The van der Waals surface area contributed by atoms with Crippen molar-refractivity contribution in [3.8, 4) is 0 Å². The summed E-state index contributed by atoms with van der Waals surface area (Å²) in [7, 11) is 0. The molecule has 0 aromatic rings. The Morgan fingerprint density at radius 2 is 1.50 bits per heavy atom. The van der Waals surface area contributed by atoms with Crippen LogP contribution in [0.1, 0.15) is 103 Å². The Morgan fingerprint density at radius 1 is 0.962 bits per heavy atom. The summed E-state index contributed by atoms with van der Waals surface area (Å²) in [6.45, 7) is 2.22. The zero-order valence-corrected chi connectivity index (χ0v) is 17.6. The van der Waals surface area contributed by atoms with Gasteiger partial charge in [-0.1, -0.05) is 64.7 Å². The molecule has 0 fully saturated rings. The predicted molar refractivity (Wildman–Crippen MR) is 111 cm³/mol. The number of carbonyl (C=O) groups is 1. The van der Waals surface area contributed by atoms with E-state index in [0.717, 1.165) is 32.1 Å². The molecular weight excluding hydrogens is 350 g/mol. The van der Waals surface area contributed by atoms with E-state index in [2.05, 4.69) is 13.2 Å². The number of aliphatic carboxylic acids is 1. The van der Waals surface area contributed by atoms with Crippen molar-refractivity contribution in [2.24, 2.45) is 0 Å². The number of rotatable bonds is 19. The molecule has 0 saturated heterocycles. The number of carboxylic acid groups (broad SMARTS) is 1. The van der Waals surface area contributed by atoms with Crippen LogP contribution in [-0.4, -0.2) is 33.5 Å². The number of thioether (sulfide) groups is 1. The lowest BCUT2D eigenvalue weighted by Crippen LogP contribution is -2.24. The van der Waals surface area contributed by atoms with Gasteiger partial charge in [-0.25, -0.2) is 0 Å². The van der Waals surface area contributed by atoms with Crippen LogP contribution in [0.3, 0.4) is 0 Å². The summed E-state index contributed by atoms with van der Waals surface area (Å²) in [5, 5.41) is 20.4. The third-order valence-corrected chi connectivity index (χ3v) is 6.07. The van der Waals surface area contributed by atoms with Crippen molar-refractivity contribution in [1.82, 2.24) is 0 Å². The standard InChI is InChI=1S/C20H39NO4S/c1-3-4-5-6-9-12-15-19(26-2)17-18(21(24)25)14-11-8-7-10-13-16-20(22)23/h18-19H,3-17H2,1-2H3,(H,22,23). The number of nitrogens with zero attached hydrogens (tertiary/aromatic N) is 1. The average Bonchev–Trinajstić information content (AvgIpc) is 2.60. The molecule has 2 atom stereocenters. The molecule has 5 nitrogen and oxygen atoms in total. The summed E-state index contributed by atoms with van der Waals surface area (Å²) in [4.78, 5) is 21.7. The lowest BCUT2D eigenvalue weighted by molar-refractivity contribution is -0.524. The molecule has 0 rings (SSSR count). The van der Waals surface area contributed by atoms with Gasteiger partial charge in [0.1, 0.15) is 0 Å². The van der Waals surface area contributed by atoms with E-state index in [1.54, 1.807) is 11.8 Å². The number of carboxylic acids is 1. The number of hydrogen-bond acceptors (Lipinski definition) is 4. The summed E-state index contributed by atoms with van der Waals surface area (Å²) in [5.41, 5.74) is 0. The molecule has 154 valence electrons. The molecule has 0 spiro atoms. The van der Waals surface area contributed by atoms with Crippen molar-refractivity contribution in [2.75, 3.05) is 6.26 Å². The van der Waals surface area contributed by atoms with Crippen molar-refractivity contribution >= 4 is 17.7 Å². The van der Waals surface area contributed by atoms with E-state index in [-0.39, 0.29) is 11.3 Å². The fourth-order valence-corrected chi connectivity index (χ4v) is 4.10. The van der Waals surface area contributed by atoms with Gasteiger partial charge in [-0.05, 0) is 25.5 Å². The smallest absolute Gasteiger partial charge is 0.303 e. The average molecular weight is 390 g/mol. The van der Waals surface area contributed by atoms with E-state index in [0.29, 0.717) is 24.5 Å². The van der Waals surface area contributed by atoms with Crippen molar-refractivity contribution < 1.29 is 14.8 Å². The minimum Gasteiger partial charge on any atom is -0.481 e. The quantitative estimate of drug-likeness (QED) is 0.159. The minimum absolute atomic E-state index is 0.0884. The van der Waals surface area contributed by atoms with Gasteiger partial charge in [-0.15, -0.1) is 0 Å². The van der Waals surface area contributed by atoms with Gasteiger partial charge in [-0.2, -0.15) is 11.8 Å². The van der Waals surface area contributed by atoms with Gasteiger partial charge >= 0.3 is 5.97 Å². The van der Waals surface area contributed by atoms with Crippen molar-refractivity contribution in [2.45, 2.75) is 115 Å². The minimum atomic E-state index is -0.744. The summed E-state index contributed by atoms with van der Waals surface area (Å²) in [5.74, 6) is -0.744. The summed E-state index contributed by atoms with van der Waals surface area (Å²) in [6, 6.07) is -0.424. The van der Waals surface area contributed by atoms with Crippen LogP contribution < -0.4 is 0 Å². The molecule has 0 saturated carbocycles. The van der Waals surface area contributed by atoms with Crippen LogP contribution in [0.2, 0.25) is 0 Å². The van der Waals surface area contributed by atoms with Crippen LogP contribution in [-0.2, 0) is 4.79 Å². The van der Waals surface area contributed by atoms with Crippen molar-refractivity contribution in [3.63, 3.8) is 0 Å². The monoisotopic (exact) mass is 389 g/mol. The van der Waals surface area contributed by atoms with Gasteiger partial charge in [0, 0.05) is 29.4 Å².